The fourth-order valence-corrected chi connectivity index (χ4v) is 0.952. The zero-order valence-electron chi connectivity index (χ0n) is 7.97. The van der Waals surface area contributed by atoms with Crippen LogP contribution in [-0.4, -0.2) is 27.9 Å². The Labute approximate surface area is 85.6 Å². The molecule has 0 saturated heterocycles. The van der Waals surface area contributed by atoms with Crippen LogP contribution in [0.3, 0.4) is 0 Å². The average molecular weight is 222 g/mol. The molecule has 1 N–H and O–H groups in total. The predicted molar refractivity (Wildman–Crippen MR) is 51.7 cm³/mol. The number of hydrogen-bond acceptors (Lipinski definition) is 4. The highest BCUT2D eigenvalue weighted by Crippen LogP contribution is 1.93. The van der Waals surface area contributed by atoms with Crippen molar-refractivity contribution in [1.29, 1.82) is 0 Å². The Bertz CT molecular complexity index is 214. The SMILES string of the molecule is C/C=C/C(=O)OCCCCOS(=O)O. The van der Waals surface area contributed by atoms with Gasteiger partial charge in [0.15, 0.2) is 0 Å². The first kappa shape index (κ1) is 13.3. The van der Waals surface area contributed by atoms with Gasteiger partial charge in [0.2, 0.25) is 0 Å². The summed E-state index contributed by atoms with van der Waals surface area (Å²) in [5.74, 6) is -0.376. The number of carbonyl (C=O) groups excluding carboxylic acids is 1. The van der Waals surface area contributed by atoms with Crippen molar-refractivity contribution in [2.75, 3.05) is 13.2 Å². The minimum Gasteiger partial charge on any atom is -0.463 e. The van der Waals surface area contributed by atoms with Gasteiger partial charge < -0.3 is 4.74 Å². The van der Waals surface area contributed by atoms with E-state index in [9.17, 15) is 9.00 Å². The van der Waals surface area contributed by atoms with Crippen LogP contribution in [-0.2, 0) is 25.1 Å². The molecule has 0 aromatic rings. The van der Waals surface area contributed by atoms with E-state index in [1.165, 1.54) is 6.08 Å². The third-order valence-corrected chi connectivity index (χ3v) is 1.64. The number of unbranched alkanes of at least 4 members (excludes halogenated alkanes) is 1. The number of ether oxygens (including phenoxy) is 1. The number of carbonyl (C=O) groups is 1. The maximum Gasteiger partial charge on any atom is 0.330 e. The van der Waals surface area contributed by atoms with Crippen molar-refractivity contribution >= 4 is 17.3 Å². The molecule has 0 aliphatic heterocycles. The number of allylic oxidation sites excluding steroid dienone is 1. The van der Waals surface area contributed by atoms with Gasteiger partial charge in [-0.3, -0.25) is 8.74 Å². The molecular weight excluding hydrogens is 208 g/mol. The Morgan fingerprint density at radius 1 is 1.43 bits per heavy atom. The van der Waals surface area contributed by atoms with Gasteiger partial charge in [-0.2, -0.15) is 4.21 Å². The van der Waals surface area contributed by atoms with Crippen molar-refractivity contribution in [3.05, 3.63) is 12.2 Å². The van der Waals surface area contributed by atoms with E-state index >= 15 is 0 Å². The second-order valence-electron chi connectivity index (χ2n) is 2.41. The zero-order valence-corrected chi connectivity index (χ0v) is 8.79. The lowest BCUT2D eigenvalue weighted by Crippen LogP contribution is -2.04. The topological polar surface area (TPSA) is 72.8 Å². The van der Waals surface area contributed by atoms with E-state index in [1.54, 1.807) is 13.0 Å². The molecule has 1 unspecified atom stereocenters. The van der Waals surface area contributed by atoms with E-state index in [2.05, 4.69) is 4.18 Å². The van der Waals surface area contributed by atoms with E-state index < -0.39 is 11.4 Å². The molecule has 14 heavy (non-hydrogen) atoms. The molecule has 0 bridgehead atoms. The Hall–Kier alpha value is -0.720. The molecule has 0 aromatic heterocycles. The van der Waals surface area contributed by atoms with Crippen LogP contribution in [0.5, 0.6) is 0 Å². The third kappa shape index (κ3) is 9.37. The van der Waals surface area contributed by atoms with Crippen LogP contribution in [0.2, 0.25) is 0 Å². The monoisotopic (exact) mass is 222 g/mol. The molecule has 0 spiro atoms. The molecule has 0 aliphatic rings. The van der Waals surface area contributed by atoms with Crippen LogP contribution in [0.15, 0.2) is 12.2 Å². The summed E-state index contributed by atoms with van der Waals surface area (Å²) in [6, 6.07) is 0. The highest BCUT2D eigenvalue weighted by molar-refractivity contribution is 7.74. The normalized spacial score (nSPS) is 13.0. The lowest BCUT2D eigenvalue weighted by molar-refractivity contribution is -0.137. The van der Waals surface area contributed by atoms with Gasteiger partial charge in [-0.1, -0.05) is 6.08 Å². The van der Waals surface area contributed by atoms with Crippen molar-refractivity contribution in [1.82, 2.24) is 0 Å². The number of esters is 1. The lowest BCUT2D eigenvalue weighted by atomic mass is 10.3. The van der Waals surface area contributed by atoms with Crippen molar-refractivity contribution in [3.63, 3.8) is 0 Å². The van der Waals surface area contributed by atoms with E-state index in [4.69, 9.17) is 9.29 Å². The summed E-state index contributed by atoms with van der Waals surface area (Å²) in [7, 11) is 0. The second-order valence-corrected chi connectivity index (χ2v) is 3.08. The molecule has 6 heteroatoms. The maximum atomic E-state index is 10.8. The van der Waals surface area contributed by atoms with Crippen molar-refractivity contribution in [2.24, 2.45) is 0 Å². The van der Waals surface area contributed by atoms with Crippen LogP contribution in [0, 0.1) is 0 Å². The summed E-state index contributed by atoms with van der Waals surface area (Å²) < 4.78 is 27.4. The smallest absolute Gasteiger partial charge is 0.330 e. The highest BCUT2D eigenvalue weighted by atomic mass is 32.2. The molecule has 5 nitrogen and oxygen atoms in total. The van der Waals surface area contributed by atoms with Crippen LogP contribution < -0.4 is 0 Å². The van der Waals surface area contributed by atoms with E-state index in [0.29, 0.717) is 19.4 Å². The largest absolute Gasteiger partial charge is 0.463 e. The van der Waals surface area contributed by atoms with Crippen LogP contribution in [0.4, 0.5) is 0 Å². The number of rotatable bonds is 7. The number of hydrogen-bond donors (Lipinski definition) is 1. The highest BCUT2D eigenvalue weighted by Gasteiger charge is 1.97. The standard InChI is InChI=1S/C8H14O5S/c1-2-5-8(9)12-6-3-4-7-13-14(10)11/h2,5H,3-4,6-7H2,1H3,(H,10,11)/b5-2+. The van der Waals surface area contributed by atoms with Crippen LogP contribution in [0.1, 0.15) is 19.8 Å². The fourth-order valence-electron chi connectivity index (χ4n) is 0.691. The molecule has 0 heterocycles. The van der Waals surface area contributed by atoms with Crippen molar-refractivity contribution in [2.45, 2.75) is 19.8 Å². The first-order valence-corrected chi connectivity index (χ1v) is 5.23. The van der Waals surface area contributed by atoms with Gasteiger partial charge in [0.1, 0.15) is 0 Å². The van der Waals surface area contributed by atoms with Gasteiger partial charge in [-0.15, -0.1) is 0 Å². The Morgan fingerprint density at radius 2 is 2.07 bits per heavy atom. The van der Waals surface area contributed by atoms with E-state index in [-0.39, 0.29) is 12.6 Å². The van der Waals surface area contributed by atoms with Gasteiger partial charge in [0.05, 0.1) is 13.2 Å². The van der Waals surface area contributed by atoms with Crippen LogP contribution in [0.25, 0.3) is 0 Å². The molecule has 0 fully saturated rings. The first-order chi connectivity index (χ1) is 6.66. The van der Waals surface area contributed by atoms with Gasteiger partial charge in [0, 0.05) is 6.08 Å². The lowest BCUT2D eigenvalue weighted by Gasteiger charge is -2.01. The molecule has 1 atom stereocenters. The third-order valence-electron chi connectivity index (χ3n) is 1.27. The average Bonchev–Trinajstić information content (AvgIpc) is 2.11. The fraction of sp³-hybridized carbons (Fsp3) is 0.625. The first-order valence-electron chi connectivity index (χ1n) is 4.20. The Morgan fingerprint density at radius 3 is 2.64 bits per heavy atom. The molecule has 0 saturated carbocycles. The van der Waals surface area contributed by atoms with Gasteiger partial charge in [0.25, 0.3) is 0 Å². The molecule has 0 aromatic carbocycles. The summed E-state index contributed by atoms with van der Waals surface area (Å²) in [5, 5.41) is 0. The van der Waals surface area contributed by atoms with Crippen molar-refractivity contribution < 1.29 is 22.5 Å². The molecule has 82 valence electrons. The summed E-state index contributed by atoms with van der Waals surface area (Å²) in [6.45, 7) is 2.21. The summed E-state index contributed by atoms with van der Waals surface area (Å²) >= 11 is -2.20. The summed E-state index contributed by atoms with van der Waals surface area (Å²) in [4.78, 5) is 10.8. The minimum atomic E-state index is -2.20. The Kier molecular flexibility index (Phi) is 8.40. The quantitative estimate of drug-likeness (QED) is 0.301. The maximum absolute atomic E-state index is 10.8. The zero-order chi connectivity index (χ0) is 10.8. The minimum absolute atomic E-state index is 0.185. The Balaban J connectivity index is 3.21. The summed E-state index contributed by atoms with van der Waals surface area (Å²) in [5.41, 5.74) is 0. The van der Waals surface area contributed by atoms with E-state index in [1.807, 2.05) is 0 Å². The molecular formula is C8H14O5S. The second kappa shape index (κ2) is 8.86. The predicted octanol–water partition coefficient (Wildman–Crippen LogP) is 1.04. The van der Waals surface area contributed by atoms with Crippen LogP contribution >= 0.6 is 0 Å². The van der Waals surface area contributed by atoms with E-state index in [0.717, 1.165) is 0 Å². The molecule has 0 amide bonds. The van der Waals surface area contributed by atoms with Crippen molar-refractivity contribution in [3.8, 4) is 0 Å². The molecule has 0 rings (SSSR count). The molecule has 0 aliphatic carbocycles. The molecule has 0 radical (unpaired) electrons. The van der Waals surface area contributed by atoms with Gasteiger partial charge in [-0.25, -0.2) is 4.79 Å². The van der Waals surface area contributed by atoms with Gasteiger partial charge in [-0.05, 0) is 19.8 Å². The van der Waals surface area contributed by atoms with Gasteiger partial charge >= 0.3 is 17.3 Å². The summed E-state index contributed by atoms with van der Waals surface area (Å²) in [6.07, 6.45) is 4.12.